The van der Waals surface area contributed by atoms with Gasteiger partial charge >= 0.3 is 5.97 Å². The number of hydrogen-bond acceptors (Lipinski definition) is 5. The highest BCUT2D eigenvalue weighted by Gasteiger charge is 2.15. The molecule has 2 rings (SSSR count). The molecule has 110 valence electrons. The molecular formula is C13H10BrFN2O4. The normalized spacial score (nSPS) is 10.2. The minimum absolute atomic E-state index is 0.210. The van der Waals surface area contributed by atoms with E-state index in [1.165, 1.54) is 18.2 Å². The number of amides is 1. The molecule has 1 aromatic carbocycles. The van der Waals surface area contributed by atoms with Gasteiger partial charge < -0.3 is 14.6 Å². The van der Waals surface area contributed by atoms with Gasteiger partial charge in [-0.3, -0.25) is 4.79 Å². The molecule has 0 unspecified atom stereocenters. The van der Waals surface area contributed by atoms with Gasteiger partial charge in [0.25, 0.3) is 5.91 Å². The molecule has 0 bridgehead atoms. The summed E-state index contributed by atoms with van der Waals surface area (Å²) in [5, 5.41) is 5.92. The predicted molar refractivity (Wildman–Crippen MR) is 74.3 cm³/mol. The SMILES string of the molecule is Cc1cc(NC(=O)COC(=O)c2cc(Br)ccc2F)no1. The van der Waals surface area contributed by atoms with Crippen molar-refractivity contribution in [3.63, 3.8) is 0 Å². The van der Waals surface area contributed by atoms with Crippen LogP contribution in [0, 0.1) is 12.7 Å². The fourth-order valence-corrected chi connectivity index (χ4v) is 1.83. The van der Waals surface area contributed by atoms with Crippen LogP contribution in [0.25, 0.3) is 0 Å². The molecule has 0 aliphatic rings. The number of esters is 1. The summed E-state index contributed by atoms with van der Waals surface area (Å²) in [5.41, 5.74) is -0.255. The van der Waals surface area contributed by atoms with E-state index in [0.717, 1.165) is 6.07 Å². The molecule has 0 aliphatic carbocycles. The van der Waals surface area contributed by atoms with Gasteiger partial charge in [-0.25, -0.2) is 9.18 Å². The van der Waals surface area contributed by atoms with Crippen molar-refractivity contribution in [3.8, 4) is 0 Å². The molecular weight excluding hydrogens is 347 g/mol. The van der Waals surface area contributed by atoms with Gasteiger partial charge in [0.05, 0.1) is 5.56 Å². The number of carbonyl (C=O) groups is 2. The zero-order chi connectivity index (χ0) is 15.4. The molecule has 1 amide bonds. The minimum Gasteiger partial charge on any atom is -0.452 e. The number of nitrogens with zero attached hydrogens (tertiary/aromatic N) is 1. The maximum Gasteiger partial charge on any atom is 0.341 e. The largest absolute Gasteiger partial charge is 0.452 e. The highest BCUT2D eigenvalue weighted by molar-refractivity contribution is 9.10. The molecule has 21 heavy (non-hydrogen) atoms. The minimum atomic E-state index is -0.930. The van der Waals surface area contributed by atoms with Crippen LogP contribution in [0.5, 0.6) is 0 Å². The van der Waals surface area contributed by atoms with E-state index in [0.29, 0.717) is 10.2 Å². The number of hydrogen-bond donors (Lipinski definition) is 1. The summed E-state index contributed by atoms with van der Waals surface area (Å²) in [6.45, 7) is 1.11. The predicted octanol–water partition coefficient (Wildman–Crippen LogP) is 2.68. The van der Waals surface area contributed by atoms with Crippen LogP contribution in [0.15, 0.2) is 33.3 Å². The first kappa shape index (κ1) is 15.2. The van der Waals surface area contributed by atoms with Crippen LogP contribution in [0.3, 0.4) is 0 Å². The average molecular weight is 357 g/mol. The Morgan fingerprint density at radius 1 is 1.43 bits per heavy atom. The second-order valence-corrected chi connectivity index (χ2v) is 4.99. The third-order valence-corrected chi connectivity index (χ3v) is 2.87. The van der Waals surface area contributed by atoms with Crippen molar-refractivity contribution in [2.24, 2.45) is 0 Å². The van der Waals surface area contributed by atoms with Crippen LogP contribution in [0.1, 0.15) is 16.1 Å². The number of aryl methyl sites for hydroxylation is 1. The second-order valence-electron chi connectivity index (χ2n) is 4.07. The molecule has 0 aliphatic heterocycles. The Kier molecular flexibility index (Phi) is 4.69. The van der Waals surface area contributed by atoms with Gasteiger partial charge in [-0.2, -0.15) is 0 Å². The number of carbonyl (C=O) groups excluding carboxylic acids is 2. The lowest BCUT2D eigenvalue weighted by Crippen LogP contribution is -2.21. The van der Waals surface area contributed by atoms with Gasteiger partial charge in [0.2, 0.25) is 0 Å². The standard InChI is InChI=1S/C13H10BrFN2O4/c1-7-4-11(17-21-7)16-12(18)6-20-13(19)9-5-8(14)2-3-10(9)15/h2-5H,6H2,1H3,(H,16,17,18). The number of rotatable bonds is 4. The first-order valence-electron chi connectivity index (χ1n) is 5.81. The molecule has 0 radical (unpaired) electrons. The number of aromatic nitrogens is 1. The highest BCUT2D eigenvalue weighted by Crippen LogP contribution is 2.16. The van der Waals surface area contributed by atoms with Crippen LogP contribution in [0.4, 0.5) is 10.2 Å². The van der Waals surface area contributed by atoms with Gasteiger partial charge in [0, 0.05) is 10.5 Å². The zero-order valence-electron chi connectivity index (χ0n) is 10.9. The summed E-state index contributed by atoms with van der Waals surface area (Å²) >= 11 is 3.12. The summed E-state index contributed by atoms with van der Waals surface area (Å²) in [4.78, 5) is 23.2. The van der Waals surface area contributed by atoms with E-state index in [1.54, 1.807) is 6.92 Å². The molecule has 8 heteroatoms. The first-order valence-corrected chi connectivity index (χ1v) is 6.60. The van der Waals surface area contributed by atoms with Gasteiger partial charge in [-0.1, -0.05) is 21.1 Å². The Morgan fingerprint density at radius 2 is 2.19 bits per heavy atom. The number of halogens is 2. The van der Waals surface area contributed by atoms with Crippen molar-refractivity contribution >= 4 is 33.6 Å². The lowest BCUT2D eigenvalue weighted by molar-refractivity contribution is -0.119. The molecule has 0 spiro atoms. The Labute approximate surface area is 127 Å². The summed E-state index contributed by atoms with van der Waals surface area (Å²) in [6, 6.07) is 5.36. The van der Waals surface area contributed by atoms with Gasteiger partial charge in [-0.15, -0.1) is 0 Å². The Hall–Kier alpha value is -2.22. The molecule has 0 saturated carbocycles. The van der Waals surface area contributed by atoms with Crippen LogP contribution in [-0.4, -0.2) is 23.6 Å². The molecule has 0 saturated heterocycles. The molecule has 1 aromatic heterocycles. The molecule has 0 fully saturated rings. The lowest BCUT2D eigenvalue weighted by Gasteiger charge is -2.05. The van der Waals surface area contributed by atoms with Gasteiger partial charge in [-0.05, 0) is 25.1 Å². The fourth-order valence-electron chi connectivity index (χ4n) is 1.47. The van der Waals surface area contributed by atoms with Crippen molar-refractivity contribution in [1.29, 1.82) is 0 Å². The molecule has 6 nitrogen and oxygen atoms in total. The zero-order valence-corrected chi connectivity index (χ0v) is 12.4. The van der Waals surface area contributed by atoms with Crippen LogP contribution in [0.2, 0.25) is 0 Å². The lowest BCUT2D eigenvalue weighted by atomic mass is 10.2. The second kappa shape index (κ2) is 6.49. The van der Waals surface area contributed by atoms with Crippen LogP contribution in [-0.2, 0) is 9.53 Å². The van der Waals surface area contributed by atoms with E-state index in [1.807, 2.05) is 0 Å². The average Bonchev–Trinajstić information content (AvgIpc) is 2.84. The molecule has 0 atom stereocenters. The summed E-state index contributed by atoms with van der Waals surface area (Å²) < 4.78 is 23.5. The van der Waals surface area contributed by atoms with Crippen molar-refractivity contribution in [2.75, 3.05) is 11.9 Å². The summed E-state index contributed by atoms with van der Waals surface area (Å²) in [7, 11) is 0. The highest BCUT2D eigenvalue weighted by atomic mass is 79.9. The van der Waals surface area contributed by atoms with E-state index in [2.05, 4.69) is 26.4 Å². The third kappa shape index (κ3) is 4.12. The van der Waals surface area contributed by atoms with Gasteiger partial charge in [0.1, 0.15) is 11.6 Å². The summed E-state index contributed by atoms with van der Waals surface area (Å²) in [5.74, 6) is -1.52. The molecule has 2 aromatic rings. The fraction of sp³-hybridized carbons (Fsp3) is 0.154. The Bertz CT molecular complexity index is 687. The molecule has 1 N–H and O–H groups in total. The van der Waals surface area contributed by atoms with Crippen molar-refractivity contribution in [2.45, 2.75) is 6.92 Å². The van der Waals surface area contributed by atoms with Crippen LogP contribution < -0.4 is 5.32 Å². The van der Waals surface area contributed by atoms with Crippen LogP contribution >= 0.6 is 15.9 Å². The number of anilines is 1. The number of benzene rings is 1. The van der Waals surface area contributed by atoms with E-state index in [9.17, 15) is 14.0 Å². The van der Waals surface area contributed by atoms with E-state index >= 15 is 0 Å². The Balaban J connectivity index is 1.91. The maximum absolute atomic E-state index is 13.4. The maximum atomic E-state index is 13.4. The monoisotopic (exact) mass is 356 g/mol. The van der Waals surface area contributed by atoms with Crippen molar-refractivity contribution in [3.05, 3.63) is 45.9 Å². The van der Waals surface area contributed by atoms with Gasteiger partial charge in [0.15, 0.2) is 12.4 Å². The smallest absolute Gasteiger partial charge is 0.341 e. The van der Waals surface area contributed by atoms with E-state index < -0.39 is 24.3 Å². The third-order valence-electron chi connectivity index (χ3n) is 2.38. The Morgan fingerprint density at radius 3 is 2.86 bits per heavy atom. The molecule has 1 heterocycles. The summed E-state index contributed by atoms with van der Waals surface area (Å²) in [6.07, 6.45) is 0. The number of nitrogens with one attached hydrogen (secondary N) is 1. The van der Waals surface area contributed by atoms with E-state index in [4.69, 9.17) is 9.26 Å². The first-order chi connectivity index (χ1) is 9.95. The number of ether oxygens (including phenoxy) is 1. The van der Waals surface area contributed by atoms with E-state index in [-0.39, 0.29) is 11.4 Å². The van der Waals surface area contributed by atoms with Crippen molar-refractivity contribution < 1.29 is 23.2 Å². The quantitative estimate of drug-likeness (QED) is 0.851. The topological polar surface area (TPSA) is 81.4 Å². The van der Waals surface area contributed by atoms with Crippen molar-refractivity contribution in [1.82, 2.24) is 5.16 Å².